The summed E-state index contributed by atoms with van der Waals surface area (Å²) in [5, 5.41) is 8.44. The van der Waals surface area contributed by atoms with Gasteiger partial charge >= 0.3 is 5.97 Å². The Morgan fingerprint density at radius 1 is 0.800 bits per heavy atom. The molecule has 0 heterocycles. The summed E-state index contributed by atoms with van der Waals surface area (Å²) in [5.74, 6) is -0.779. The molecule has 0 unspecified atom stereocenters. The molecule has 20 heavy (non-hydrogen) atoms. The van der Waals surface area contributed by atoms with Crippen LogP contribution >= 0.6 is 0 Å². The van der Waals surface area contributed by atoms with Crippen LogP contribution in [-0.4, -0.2) is 11.1 Å². The number of allylic oxidation sites excluding steroid dienone is 7. The molecule has 2 nitrogen and oxygen atoms in total. The van der Waals surface area contributed by atoms with Crippen molar-refractivity contribution in [3.63, 3.8) is 0 Å². The number of rotatable bonds is 12. The number of carboxylic acid groups (broad SMARTS) is 1. The fourth-order valence-corrected chi connectivity index (χ4v) is 1.65. The van der Waals surface area contributed by atoms with E-state index in [1.807, 2.05) is 6.08 Å². The van der Waals surface area contributed by atoms with Crippen molar-refractivity contribution in [1.82, 2.24) is 0 Å². The first-order valence-electron chi connectivity index (χ1n) is 7.59. The van der Waals surface area contributed by atoms with E-state index in [-0.39, 0.29) is 6.42 Å². The van der Waals surface area contributed by atoms with Gasteiger partial charge in [-0.15, -0.1) is 0 Å². The Kier molecular flexibility index (Phi) is 14.3. The van der Waals surface area contributed by atoms with Crippen LogP contribution in [0.2, 0.25) is 0 Å². The highest BCUT2D eigenvalue weighted by Crippen LogP contribution is 2.03. The number of hydrogen-bond donors (Lipinski definition) is 1. The minimum Gasteiger partial charge on any atom is -0.481 e. The highest BCUT2D eigenvalue weighted by molar-refractivity contribution is 5.68. The summed E-state index contributed by atoms with van der Waals surface area (Å²) in [5.41, 5.74) is 0. The van der Waals surface area contributed by atoms with Crippen LogP contribution < -0.4 is 0 Å². The Labute approximate surface area is 123 Å². The van der Waals surface area contributed by atoms with E-state index >= 15 is 0 Å². The van der Waals surface area contributed by atoms with Gasteiger partial charge in [-0.2, -0.15) is 0 Å². The molecule has 0 aliphatic rings. The van der Waals surface area contributed by atoms with Gasteiger partial charge in [0.25, 0.3) is 0 Å². The number of carboxylic acids is 1. The number of unbranched alkanes of at least 4 members (excludes halogenated alkanes) is 3. The van der Waals surface area contributed by atoms with Crippen molar-refractivity contribution < 1.29 is 9.90 Å². The third-order valence-corrected chi connectivity index (χ3v) is 2.73. The van der Waals surface area contributed by atoms with E-state index in [9.17, 15) is 4.79 Å². The van der Waals surface area contributed by atoms with Gasteiger partial charge < -0.3 is 5.11 Å². The van der Waals surface area contributed by atoms with Gasteiger partial charge in [0.05, 0.1) is 6.42 Å². The second-order valence-electron chi connectivity index (χ2n) is 4.65. The lowest BCUT2D eigenvalue weighted by Crippen LogP contribution is -1.89. The molecule has 0 saturated carbocycles. The lowest BCUT2D eigenvalue weighted by atomic mass is 10.1. The van der Waals surface area contributed by atoms with Crippen LogP contribution in [0.25, 0.3) is 0 Å². The molecule has 2 heteroatoms. The molecule has 0 amide bonds. The van der Waals surface area contributed by atoms with Gasteiger partial charge in [-0.1, -0.05) is 55.5 Å². The van der Waals surface area contributed by atoms with Gasteiger partial charge in [0.15, 0.2) is 0 Å². The number of hydrogen-bond acceptors (Lipinski definition) is 1. The highest BCUT2D eigenvalue weighted by Gasteiger charge is 1.87. The summed E-state index contributed by atoms with van der Waals surface area (Å²) in [4.78, 5) is 10.3. The van der Waals surface area contributed by atoms with E-state index in [2.05, 4.69) is 43.4 Å². The molecule has 0 aromatic heterocycles. The third-order valence-electron chi connectivity index (χ3n) is 2.73. The van der Waals surface area contributed by atoms with Crippen LogP contribution in [0.15, 0.2) is 48.6 Å². The molecular weight excluding hydrogens is 248 g/mol. The number of carbonyl (C=O) groups is 1. The molecular formula is C18H28O2. The van der Waals surface area contributed by atoms with Crippen molar-refractivity contribution in [2.45, 2.75) is 58.3 Å². The van der Waals surface area contributed by atoms with Crippen LogP contribution in [0, 0.1) is 0 Å². The van der Waals surface area contributed by atoms with Gasteiger partial charge in [-0.25, -0.2) is 0 Å². The molecule has 0 fully saturated rings. The third kappa shape index (κ3) is 16.4. The van der Waals surface area contributed by atoms with E-state index < -0.39 is 5.97 Å². The van der Waals surface area contributed by atoms with Crippen molar-refractivity contribution >= 4 is 5.97 Å². The van der Waals surface area contributed by atoms with Crippen molar-refractivity contribution in [2.24, 2.45) is 0 Å². The molecule has 0 bridgehead atoms. The summed E-state index contributed by atoms with van der Waals surface area (Å²) >= 11 is 0. The van der Waals surface area contributed by atoms with Crippen LogP contribution in [0.4, 0.5) is 0 Å². The standard InChI is InChI=1S/C18H28O2/c1-2-3-4-5-6-7-8-9-10-11-12-13-14-15-16-17-18(19)20/h3-4,9-10,12-13,15-16H,2,5-8,11,14,17H2,1H3,(H,19,20). The highest BCUT2D eigenvalue weighted by atomic mass is 16.4. The Balaban J connectivity index is 3.36. The minimum absolute atomic E-state index is 0.112. The Morgan fingerprint density at radius 3 is 1.85 bits per heavy atom. The van der Waals surface area contributed by atoms with E-state index in [1.165, 1.54) is 19.3 Å². The first kappa shape index (κ1) is 18.4. The summed E-state index contributed by atoms with van der Waals surface area (Å²) in [7, 11) is 0. The van der Waals surface area contributed by atoms with Crippen molar-refractivity contribution in [3.8, 4) is 0 Å². The lowest BCUT2D eigenvalue weighted by Gasteiger charge is -1.92. The van der Waals surface area contributed by atoms with Gasteiger partial charge in [-0.3, -0.25) is 4.79 Å². The average molecular weight is 276 g/mol. The monoisotopic (exact) mass is 276 g/mol. The maximum Gasteiger partial charge on any atom is 0.307 e. The molecule has 0 rings (SSSR count). The molecule has 0 aromatic carbocycles. The SMILES string of the molecule is CCC=CCCCCC=CCC=CCC=CCC(=O)O. The van der Waals surface area contributed by atoms with Gasteiger partial charge in [0, 0.05) is 0 Å². The smallest absolute Gasteiger partial charge is 0.307 e. The van der Waals surface area contributed by atoms with Crippen LogP contribution in [0.1, 0.15) is 58.3 Å². The normalized spacial score (nSPS) is 12.4. The van der Waals surface area contributed by atoms with E-state index in [0.29, 0.717) is 0 Å². The van der Waals surface area contributed by atoms with Crippen LogP contribution in [0.5, 0.6) is 0 Å². The van der Waals surface area contributed by atoms with E-state index in [1.54, 1.807) is 6.08 Å². The molecule has 0 aliphatic heterocycles. The Morgan fingerprint density at radius 2 is 1.30 bits per heavy atom. The zero-order chi connectivity index (χ0) is 14.9. The van der Waals surface area contributed by atoms with E-state index in [0.717, 1.165) is 25.7 Å². The molecule has 112 valence electrons. The minimum atomic E-state index is -0.779. The zero-order valence-electron chi connectivity index (χ0n) is 12.6. The average Bonchev–Trinajstić information content (AvgIpc) is 2.43. The number of aliphatic carboxylic acids is 1. The second-order valence-corrected chi connectivity index (χ2v) is 4.65. The predicted octanol–water partition coefficient (Wildman–Crippen LogP) is 5.44. The Hall–Kier alpha value is -1.57. The molecule has 0 aromatic rings. The first-order valence-corrected chi connectivity index (χ1v) is 7.59. The molecule has 0 spiro atoms. The summed E-state index contributed by atoms with van der Waals surface area (Å²) in [6.07, 6.45) is 24.6. The maximum atomic E-state index is 10.3. The van der Waals surface area contributed by atoms with Crippen LogP contribution in [-0.2, 0) is 4.79 Å². The van der Waals surface area contributed by atoms with Crippen LogP contribution in [0.3, 0.4) is 0 Å². The molecule has 0 saturated heterocycles. The summed E-state index contributed by atoms with van der Waals surface area (Å²) < 4.78 is 0. The van der Waals surface area contributed by atoms with Gasteiger partial charge in [-0.05, 0) is 44.9 Å². The first-order chi connectivity index (χ1) is 9.77. The molecule has 1 N–H and O–H groups in total. The van der Waals surface area contributed by atoms with Crippen molar-refractivity contribution in [3.05, 3.63) is 48.6 Å². The van der Waals surface area contributed by atoms with Gasteiger partial charge in [0.2, 0.25) is 0 Å². The fourth-order valence-electron chi connectivity index (χ4n) is 1.65. The largest absolute Gasteiger partial charge is 0.481 e. The summed E-state index contributed by atoms with van der Waals surface area (Å²) in [6, 6.07) is 0. The predicted molar refractivity (Wildman–Crippen MR) is 86.8 cm³/mol. The molecule has 0 radical (unpaired) electrons. The second kappa shape index (κ2) is 15.5. The molecule has 0 aliphatic carbocycles. The molecule has 0 atom stereocenters. The van der Waals surface area contributed by atoms with Crippen molar-refractivity contribution in [1.29, 1.82) is 0 Å². The Bertz CT molecular complexity index is 335. The summed E-state index contributed by atoms with van der Waals surface area (Å²) in [6.45, 7) is 2.16. The zero-order valence-corrected chi connectivity index (χ0v) is 12.6. The topological polar surface area (TPSA) is 37.3 Å². The lowest BCUT2D eigenvalue weighted by molar-refractivity contribution is -0.136. The van der Waals surface area contributed by atoms with Gasteiger partial charge in [0.1, 0.15) is 0 Å². The van der Waals surface area contributed by atoms with Crippen molar-refractivity contribution in [2.75, 3.05) is 0 Å². The fraction of sp³-hybridized carbons (Fsp3) is 0.500. The van der Waals surface area contributed by atoms with E-state index in [4.69, 9.17) is 5.11 Å². The quantitative estimate of drug-likeness (QED) is 0.381. The maximum absolute atomic E-state index is 10.3.